The number of thioether (sulfide) groups is 2. The first-order valence-corrected chi connectivity index (χ1v) is 20.0. The summed E-state index contributed by atoms with van der Waals surface area (Å²) in [6.45, 7) is 6.21. The van der Waals surface area contributed by atoms with Crippen molar-refractivity contribution >= 4 is 52.5 Å². The van der Waals surface area contributed by atoms with Crippen molar-refractivity contribution < 1.29 is 54.9 Å². The smallest absolute Gasteiger partial charge is 0.408 e. The fraction of sp³-hybridized carbons (Fsp3) is 0.800. The predicted octanol–water partition coefficient (Wildman–Crippen LogP) is 2.62. The van der Waals surface area contributed by atoms with Gasteiger partial charge in [0.25, 0.3) is 0 Å². The number of carbonyl (C=O) groups excluding carboxylic acids is 5. The van der Waals surface area contributed by atoms with Gasteiger partial charge in [-0.1, -0.05) is 108 Å². The van der Waals surface area contributed by atoms with Crippen LogP contribution in [-0.2, 0) is 28.7 Å². The average molecular weight is 798 g/mol. The van der Waals surface area contributed by atoms with Crippen LogP contribution in [0.2, 0.25) is 0 Å². The van der Waals surface area contributed by atoms with E-state index < -0.39 is 36.0 Å². The third-order valence-corrected chi connectivity index (χ3v) is 9.18. The Labute approximate surface area is 315 Å². The summed E-state index contributed by atoms with van der Waals surface area (Å²) in [5.74, 6) is -1.19. The first-order chi connectivity index (χ1) is 22.9. The van der Waals surface area contributed by atoms with Gasteiger partial charge in [-0.15, -0.1) is 0 Å². The van der Waals surface area contributed by atoms with E-state index in [1.807, 2.05) is 27.4 Å². The number of hydrogen-bond acceptors (Lipinski definition) is 9. The topological polar surface area (TPSA) is 140 Å². The molecular weight excluding hydrogens is 732 g/mol. The van der Waals surface area contributed by atoms with Crippen molar-refractivity contribution in [3.63, 3.8) is 0 Å². The van der Waals surface area contributed by atoms with Crippen LogP contribution in [0.4, 0.5) is 4.79 Å². The van der Waals surface area contributed by atoms with Gasteiger partial charge in [-0.25, -0.2) is 4.79 Å². The number of nitrogens with zero attached hydrogens (tertiary/aromatic N) is 1. The molecule has 0 fully saturated rings. The van der Waals surface area contributed by atoms with E-state index in [1.54, 1.807) is 0 Å². The van der Waals surface area contributed by atoms with Crippen LogP contribution in [0.25, 0.3) is 0 Å². The normalized spacial score (nSPS) is 12.2. The number of rotatable bonds is 30. The van der Waals surface area contributed by atoms with Gasteiger partial charge in [0.05, 0.1) is 21.1 Å². The Balaban J connectivity index is 0. The Morgan fingerprint density at radius 2 is 1.37 bits per heavy atom. The average Bonchev–Trinajstić information content (AvgIpc) is 3.04. The fourth-order valence-electron chi connectivity index (χ4n) is 4.58. The number of esters is 1. The molecule has 14 heteroatoms. The van der Waals surface area contributed by atoms with Gasteiger partial charge in [0.2, 0.25) is 11.8 Å². The van der Waals surface area contributed by atoms with Gasteiger partial charge in [0, 0.05) is 12.2 Å². The minimum absolute atomic E-state index is 0. The molecule has 3 amide bonds. The van der Waals surface area contributed by atoms with E-state index in [4.69, 9.17) is 9.47 Å². The number of amides is 3. The van der Waals surface area contributed by atoms with E-state index in [0.29, 0.717) is 29.6 Å². The molecule has 0 aromatic carbocycles. The minimum Gasteiger partial charge on any atom is -1.00 e. The number of unbranched alkanes of at least 4 members (excludes halogenated alkanes) is 12. The van der Waals surface area contributed by atoms with E-state index in [1.165, 1.54) is 82.0 Å². The molecule has 3 N–H and O–H groups in total. The predicted molar refractivity (Wildman–Crippen MR) is 198 cm³/mol. The van der Waals surface area contributed by atoms with E-state index in [0.717, 1.165) is 31.0 Å². The van der Waals surface area contributed by atoms with Crippen molar-refractivity contribution in [2.45, 2.75) is 115 Å². The van der Waals surface area contributed by atoms with E-state index >= 15 is 0 Å². The molecule has 286 valence electrons. The van der Waals surface area contributed by atoms with Gasteiger partial charge in [-0.2, -0.15) is 11.8 Å². The van der Waals surface area contributed by atoms with Crippen LogP contribution >= 0.6 is 23.5 Å². The summed E-state index contributed by atoms with van der Waals surface area (Å²) in [5, 5.41) is 7.67. The molecule has 0 aliphatic carbocycles. The van der Waals surface area contributed by atoms with E-state index in [9.17, 15) is 24.0 Å². The molecule has 0 aromatic rings. The van der Waals surface area contributed by atoms with E-state index in [-0.39, 0.29) is 47.6 Å². The van der Waals surface area contributed by atoms with Crippen molar-refractivity contribution in [3.05, 3.63) is 12.7 Å². The highest BCUT2D eigenvalue weighted by Crippen LogP contribution is 2.16. The lowest BCUT2D eigenvalue weighted by Gasteiger charge is -2.23. The zero-order chi connectivity index (χ0) is 36.0. The van der Waals surface area contributed by atoms with Crippen LogP contribution in [0.5, 0.6) is 0 Å². The SMILES string of the molecule is C=CCOC(=O)N[C@@H](CSC(=O)CCCCCCCCCCCCCCC)C(=O)N[C@@H](CCSC)C(=O)NCC(=O)OCC[N+](C)(C)C.[Br-]. The van der Waals surface area contributed by atoms with Gasteiger partial charge >= 0.3 is 12.1 Å². The largest absolute Gasteiger partial charge is 1.00 e. The second-order valence-electron chi connectivity index (χ2n) is 13.1. The van der Waals surface area contributed by atoms with Crippen molar-refractivity contribution in [2.75, 3.05) is 65.2 Å². The number of nitrogens with one attached hydrogen (secondary N) is 3. The summed E-state index contributed by atoms with van der Waals surface area (Å²) in [7, 11) is 5.93. The number of carbonyl (C=O) groups is 5. The zero-order valence-corrected chi connectivity index (χ0v) is 34.0. The number of alkyl carbamates (subject to hydrolysis) is 1. The van der Waals surface area contributed by atoms with Gasteiger partial charge in [-0.05, 0) is 24.9 Å². The molecule has 0 saturated heterocycles. The minimum atomic E-state index is -1.12. The Bertz CT molecular complexity index is 938. The summed E-state index contributed by atoms with van der Waals surface area (Å²) in [5.41, 5.74) is 0. The molecule has 0 unspecified atom stereocenters. The number of hydrogen-bond donors (Lipinski definition) is 3. The second-order valence-corrected chi connectivity index (χ2v) is 15.1. The Morgan fingerprint density at radius 1 is 0.796 bits per heavy atom. The molecule has 0 aliphatic heterocycles. The molecule has 0 spiro atoms. The lowest BCUT2D eigenvalue weighted by atomic mass is 10.0. The van der Waals surface area contributed by atoms with Crippen molar-refractivity contribution in [1.29, 1.82) is 0 Å². The summed E-state index contributed by atoms with van der Waals surface area (Å²) < 4.78 is 10.8. The highest BCUT2D eigenvalue weighted by Gasteiger charge is 2.28. The van der Waals surface area contributed by atoms with Crippen LogP contribution < -0.4 is 32.9 Å². The Morgan fingerprint density at radius 3 is 1.90 bits per heavy atom. The maximum absolute atomic E-state index is 13.3. The molecule has 0 radical (unpaired) electrons. The summed E-state index contributed by atoms with van der Waals surface area (Å²) >= 11 is 2.48. The van der Waals surface area contributed by atoms with Crippen LogP contribution in [0.15, 0.2) is 12.7 Å². The third-order valence-electron chi connectivity index (χ3n) is 7.51. The molecule has 11 nitrogen and oxygen atoms in total. The maximum Gasteiger partial charge on any atom is 0.408 e. The number of halogens is 1. The lowest BCUT2D eigenvalue weighted by Crippen LogP contribution is -3.00. The van der Waals surface area contributed by atoms with Crippen LogP contribution in [0.3, 0.4) is 0 Å². The molecular formula is C35H65BrN4O7S2. The summed E-state index contributed by atoms with van der Waals surface area (Å²) in [4.78, 5) is 63.3. The quantitative estimate of drug-likeness (QED) is 0.0434. The first-order valence-electron chi connectivity index (χ1n) is 17.7. The molecule has 2 atom stereocenters. The highest BCUT2D eigenvalue weighted by molar-refractivity contribution is 8.13. The van der Waals surface area contributed by atoms with Gasteiger partial charge < -0.3 is 46.9 Å². The van der Waals surface area contributed by atoms with Crippen molar-refractivity contribution in [2.24, 2.45) is 0 Å². The van der Waals surface area contributed by atoms with Gasteiger partial charge in [0.15, 0.2) is 5.12 Å². The molecule has 0 rings (SSSR count). The maximum atomic E-state index is 13.3. The number of quaternary nitrogens is 1. The Kier molecular flexibility index (Phi) is 32.4. The first kappa shape index (κ1) is 49.3. The van der Waals surface area contributed by atoms with Crippen molar-refractivity contribution in [1.82, 2.24) is 16.0 Å². The fourth-order valence-corrected chi connectivity index (χ4v) is 5.93. The van der Waals surface area contributed by atoms with Crippen LogP contribution in [0.1, 0.15) is 103 Å². The molecule has 0 saturated carbocycles. The van der Waals surface area contributed by atoms with Gasteiger partial charge in [0.1, 0.15) is 38.4 Å². The standard InChI is InChI=1S/C35H64N4O7S2.BrH/c1-7-9-10-11-12-13-14-15-16-17-18-19-20-21-32(41)48-28-30(38-35(44)46-24-8-2)34(43)37-29(22-26-47-6)33(42)36-27-31(40)45-25-23-39(3,4)5;/h8,29-30H,2,7,9-28H2,1,3-6H3,(H2-,36,37,38,42,43,44);1H/t29-,30-;/m0./s1. The zero-order valence-electron chi connectivity index (χ0n) is 30.8. The molecule has 0 aliphatic rings. The lowest BCUT2D eigenvalue weighted by molar-refractivity contribution is -0.870. The monoisotopic (exact) mass is 796 g/mol. The molecule has 0 heterocycles. The Hall–Kier alpha value is -1.77. The third kappa shape index (κ3) is 30.8. The molecule has 49 heavy (non-hydrogen) atoms. The summed E-state index contributed by atoms with van der Waals surface area (Å²) in [6, 6.07) is -2.07. The number of ether oxygens (including phenoxy) is 2. The second kappa shape index (κ2) is 32.2. The van der Waals surface area contributed by atoms with E-state index in [2.05, 4.69) is 29.5 Å². The number of likely N-dealkylation sites (N-methyl/N-ethyl adjacent to an activating group) is 1. The summed E-state index contributed by atoms with van der Waals surface area (Å²) in [6.07, 6.45) is 19.0. The van der Waals surface area contributed by atoms with Crippen LogP contribution in [-0.4, -0.2) is 111 Å². The highest BCUT2D eigenvalue weighted by atomic mass is 79.9. The van der Waals surface area contributed by atoms with Crippen molar-refractivity contribution in [3.8, 4) is 0 Å². The molecule has 0 bridgehead atoms. The van der Waals surface area contributed by atoms with Gasteiger partial charge in [-0.3, -0.25) is 19.2 Å². The molecule has 0 aromatic heterocycles. The van der Waals surface area contributed by atoms with Crippen LogP contribution in [0, 0.1) is 0 Å².